The number of thioether (sulfide) groups is 1. The number of amides is 2. The normalized spacial score (nSPS) is 16.9. The fourth-order valence-corrected chi connectivity index (χ4v) is 4.19. The minimum absolute atomic E-state index is 0.0957. The second-order valence-corrected chi connectivity index (χ2v) is 7.58. The van der Waals surface area contributed by atoms with Crippen molar-refractivity contribution in [2.75, 3.05) is 31.1 Å². The molecule has 0 radical (unpaired) electrons. The van der Waals surface area contributed by atoms with E-state index in [4.69, 9.17) is 4.42 Å². The number of carbonyl (C=O) groups is 1. The number of hydrogen-bond acceptors (Lipinski definition) is 5. The van der Waals surface area contributed by atoms with Crippen molar-refractivity contribution in [2.45, 2.75) is 12.6 Å². The minimum atomic E-state index is -0.138. The summed E-state index contributed by atoms with van der Waals surface area (Å²) in [4.78, 5) is 15.6. The van der Waals surface area contributed by atoms with Gasteiger partial charge in [0.15, 0.2) is 0 Å². The Morgan fingerprint density at radius 3 is 2.83 bits per heavy atom. The fraction of sp³-hybridized carbons (Fsp3) is 0.438. The van der Waals surface area contributed by atoms with Gasteiger partial charge in [0, 0.05) is 36.0 Å². The van der Waals surface area contributed by atoms with E-state index in [-0.39, 0.29) is 12.1 Å². The van der Waals surface area contributed by atoms with Crippen LogP contribution in [-0.4, -0.2) is 42.1 Å². The lowest BCUT2D eigenvalue weighted by Gasteiger charge is -2.33. The van der Waals surface area contributed by atoms with E-state index in [9.17, 15) is 4.79 Å². The zero-order valence-corrected chi connectivity index (χ0v) is 14.5. The van der Waals surface area contributed by atoms with Gasteiger partial charge in [-0.05, 0) is 23.6 Å². The third-order valence-corrected chi connectivity index (χ3v) is 5.64. The summed E-state index contributed by atoms with van der Waals surface area (Å²) in [5.41, 5.74) is 0. The van der Waals surface area contributed by atoms with Gasteiger partial charge in [-0.1, -0.05) is 6.07 Å². The van der Waals surface area contributed by atoms with Crippen LogP contribution in [0.1, 0.15) is 16.7 Å². The van der Waals surface area contributed by atoms with Crippen LogP contribution >= 0.6 is 23.1 Å². The molecule has 0 aliphatic carbocycles. The van der Waals surface area contributed by atoms with Gasteiger partial charge in [0.2, 0.25) is 0 Å². The largest absolute Gasteiger partial charge is 0.468 e. The van der Waals surface area contributed by atoms with Crippen molar-refractivity contribution in [1.82, 2.24) is 15.5 Å². The molecule has 2 N–H and O–H groups in total. The van der Waals surface area contributed by atoms with Crippen LogP contribution in [-0.2, 0) is 6.54 Å². The number of rotatable bonds is 6. The summed E-state index contributed by atoms with van der Waals surface area (Å²) in [7, 11) is 0. The quantitative estimate of drug-likeness (QED) is 0.840. The van der Waals surface area contributed by atoms with Gasteiger partial charge in [0.1, 0.15) is 5.76 Å². The van der Waals surface area contributed by atoms with Gasteiger partial charge in [-0.15, -0.1) is 11.3 Å². The average molecular weight is 351 g/mol. The van der Waals surface area contributed by atoms with E-state index in [1.165, 1.54) is 0 Å². The zero-order chi connectivity index (χ0) is 15.9. The van der Waals surface area contributed by atoms with E-state index in [2.05, 4.69) is 15.5 Å². The van der Waals surface area contributed by atoms with Gasteiger partial charge in [-0.25, -0.2) is 4.79 Å². The van der Waals surface area contributed by atoms with Crippen LogP contribution in [0.15, 0.2) is 40.3 Å². The predicted molar refractivity (Wildman–Crippen MR) is 94.9 cm³/mol. The number of nitrogens with zero attached hydrogens (tertiary/aromatic N) is 1. The zero-order valence-electron chi connectivity index (χ0n) is 12.9. The highest BCUT2D eigenvalue weighted by Crippen LogP contribution is 2.24. The molecule has 5 nitrogen and oxygen atoms in total. The molecule has 0 saturated carbocycles. The van der Waals surface area contributed by atoms with E-state index < -0.39 is 0 Å². The van der Waals surface area contributed by atoms with Crippen LogP contribution in [0.25, 0.3) is 0 Å². The second kappa shape index (κ2) is 8.42. The van der Waals surface area contributed by atoms with E-state index >= 15 is 0 Å². The van der Waals surface area contributed by atoms with Crippen molar-refractivity contribution < 1.29 is 9.21 Å². The topological polar surface area (TPSA) is 57.5 Å². The van der Waals surface area contributed by atoms with Crippen molar-refractivity contribution in [3.8, 4) is 0 Å². The van der Waals surface area contributed by atoms with Crippen LogP contribution in [0.3, 0.4) is 0 Å². The summed E-state index contributed by atoms with van der Waals surface area (Å²) >= 11 is 3.62. The van der Waals surface area contributed by atoms with Gasteiger partial charge < -0.3 is 15.1 Å². The Bertz CT molecular complexity index is 581. The molecule has 124 valence electrons. The minimum Gasteiger partial charge on any atom is -0.468 e. The SMILES string of the molecule is O=C(NCc1cccs1)NC[C@H](c1ccco1)N1CCSCC1. The molecule has 0 aromatic carbocycles. The van der Waals surface area contributed by atoms with E-state index in [0.717, 1.165) is 35.2 Å². The summed E-state index contributed by atoms with van der Waals surface area (Å²) in [6.45, 7) is 3.16. The Morgan fingerprint density at radius 1 is 1.26 bits per heavy atom. The van der Waals surface area contributed by atoms with Crippen molar-refractivity contribution in [1.29, 1.82) is 0 Å². The van der Waals surface area contributed by atoms with Crippen LogP contribution < -0.4 is 10.6 Å². The molecule has 1 aliphatic heterocycles. The summed E-state index contributed by atoms with van der Waals surface area (Å²) in [6.07, 6.45) is 1.69. The molecule has 1 aliphatic rings. The lowest BCUT2D eigenvalue weighted by atomic mass is 10.2. The standard InChI is InChI=1S/C16H21N3O2S2/c20-16(17-11-13-3-2-8-23-13)18-12-14(15-4-1-7-21-15)19-5-9-22-10-6-19/h1-4,7-8,14H,5-6,9-12H2,(H2,17,18,20)/t14-/m1/s1. The van der Waals surface area contributed by atoms with Crippen molar-refractivity contribution >= 4 is 29.1 Å². The van der Waals surface area contributed by atoms with Gasteiger partial charge in [-0.2, -0.15) is 11.8 Å². The highest BCUT2D eigenvalue weighted by atomic mass is 32.2. The molecule has 2 amide bonds. The van der Waals surface area contributed by atoms with E-state index in [1.807, 2.05) is 41.4 Å². The van der Waals surface area contributed by atoms with Crippen molar-refractivity contribution in [2.24, 2.45) is 0 Å². The molecular weight excluding hydrogens is 330 g/mol. The van der Waals surface area contributed by atoms with Gasteiger partial charge in [-0.3, -0.25) is 4.90 Å². The summed E-state index contributed by atoms with van der Waals surface area (Å²) < 4.78 is 5.58. The first-order valence-corrected chi connectivity index (χ1v) is 9.75. The first-order valence-electron chi connectivity index (χ1n) is 7.72. The first-order chi connectivity index (χ1) is 11.3. The summed E-state index contributed by atoms with van der Waals surface area (Å²) in [5.74, 6) is 3.17. The van der Waals surface area contributed by atoms with Crippen LogP contribution in [0.4, 0.5) is 4.79 Å². The molecule has 23 heavy (non-hydrogen) atoms. The van der Waals surface area contributed by atoms with Gasteiger partial charge in [0.25, 0.3) is 0 Å². The maximum Gasteiger partial charge on any atom is 0.315 e. The van der Waals surface area contributed by atoms with Crippen LogP contribution in [0, 0.1) is 0 Å². The lowest BCUT2D eigenvalue weighted by molar-refractivity contribution is 0.185. The number of hydrogen-bond donors (Lipinski definition) is 2. The Hall–Kier alpha value is -1.44. The highest BCUT2D eigenvalue weighted by molar-refractivity contribution is 7.99. The van der Waals surface area contributed by atoms with Crippen LogP contribution in [0.5, 0.6) is 0 Å². The third kappa shape index (κ3) is 4.76. The molecule has 0 unspecified atom stereocenters. The highest BCUT2D eigenvalue weighted by Gasteiger charge is 2.25. The maximum atomic E-state index is 12.0. The lowest BCUT2D eigenvalue weighted by Crippen LogP contribution is -2.44. The number of furan rings is 1. The Kier molecular flexibility index (Phi) is 6.01. The molecule has 1 fully saturated rings. The third-order valence-electron chi connectivity index (χ3n) is 3.82. The summed E-state index contributed by atoms with van der Waals surface area (Å²) in [5, 5.41) is 7.88. The molecule has 1 atom stereocenters. The molecule has 0 spiro atoms. The molecule has 3 rings (SSSR count). The molecule has 0 bridgehead atoms. The number of carbonyl (C=O) groups excluding carboxylic acids is 1. The smallest absolute Gasteiger partial charge is 0.315 e. The Morgan fingerprint density at radius 2 is 2.13 bits per heavy atom. The second-order valence-electron chi connectivity index (χ2n) is 5.32. The van der Waals surface area contributed by atoms with E-state index in [1.54, 1.807) is 17.6 Å². The number of urea groups is 1. The van der Waals surface area contributed by atoms with Crippen LogP contribution in [0.2, 0.25) is 0 Å². The fourth-order valence-electron chi connectivity index (χ4n) is 2.61. The van der Waals surface area contributed by atoms with E-state index in [0.29, 0.717) is 13.1 Å². The van der Waals surface area contributed by atoms with Crippen molar-refractivity contribution in [3.63, 3.8) is 0 Å². The maximum absolute atomic E-state index is 12.0. The van der Waals surface area contributed by atoms with Gasteiger partial charge in [0.05, 0.1) is 18.8 Å². The Labute approximate surface area is 144 Å². The molecule has 2 aromatic rings. The van der Waals surface area contributed by atoms with Gasteiger partial charge >= 0.3 is 6.03 Å². The molecule has 7 heteroatoms. The number of thiophene rings is 1. The molecular formula is C16H21N3O2S2. The molecule has 2 aromatic heterocycles. The molecule has 3 heterocycles. The molecule has 1 saturated heterocycles. The Balaban J connectivity index is 1.52. The monoisotopic (exact) mass is 351 g/mol. The summed E-state index contributed by atoms with van der Waals surface area (Å²) in [6, 6.07) is 7.85. The first kappa shape index (κ1) is 16.4. The number of nitrogens with one attached hydrogen (secondary N) is 2. The van der Waals surface area contributed by atoms with Crippen molar-refractivity contribution in [3.05, 3.63) is 46.5 Å². The predicted octanol–water partition coefficient (Wildman–Crippen LogP) is 2.93. The average Bonchev–Trinajstić information content (AvgIpc) is 3.28.